The molecule has 0 saturated carbocycles. The van der Waals surface area contributed by atoms with Crippen molar-refractivity contribution in [3.05, 3.63) is 36.9 Å². The van der Waals surface area contributed by atoms with Crippen molar-refractivity contribution in [1.82, 2.24) is 4.57 Å². The number of nitrogens with zero attached hydrogens (tertiary/aromatic N) is 2. The molecule has 4 nitrogen and oxygen atoms in total. The van der Waals surface area contributed by atoms with Crippen LogP contribution in [0.25, 0.3) is 10.9 Å². The first-order valence-corrected chi connectivity index (χ1v) is 4.58. The number of benzene rings is 1. The predicted octanol–water partition coefficient (Wildman–Crippen LogP) is 3.20. The molecule has 0 atom stereocenters. The molecule has 0 fully saturated rings. The van der Waals surface area contributed by atoms with Crippen LogP contribution in [-0.4, -0.2) is 9.67 Å². The summed E-state index contributed by atoms with van der Waals surface area (Å²) in [5.74, 6) is 0.0195. The van der Waals surface area contributed by atoms with Gasteiger partial charge in [0.25, 0.3) is 0 Å². The lowest BCUT2D eigenvalue weighted by Crippen LogP contribution is -1.92. The first-order valence-electron chi connectivity index (χ1n) is 4.58. The fourth-order valence-electron chi connectivity index (χ4n) is 1.70. The highest BCUT2D eigenvalue weighted by Crippen LogP contribution is 2.38. The minimum absolute atomic E-state index is 0.0195. The average molecular weight is 201 g/mol. The van der Waals surface area contributed by atoms with Crippen molar-refractivity contribution >= 4 is 16.6 Å². The third-order valence-corrected chi connectivity index (χ3v) is 2.34. The van der Waals surface area contributed by atoms with Crippen molar-refractivity contribution in [3.63, 3.8) is 0 Å². The van der Waals surface area contributed by atoms with Gasteiger partial charge in [0.15, 0.2) is 5.69 Å². The molecule has 2 N–H and O–H groups in total. The lowest BCUT2D eigenvalue weighted by molar-refractivity contribution is 0.430. The van der Waals surface area contributed by atoms with Crippen LogP contribution < -0.4 is 0 Å². The van der Waals surface area contributed by atoms with Gasteiger partial charge in [-0.05, 0) is 6.07 Å². The quantitative estimate of drug-likeness (QED) is 0.581. The normalized spacial score (nSPS) is 10.4. The zero-order valence-electron chi connectivity index (χ0n) is 8.14. The Morgan fingerprint density at radius 2 is 2.20 bits per heavy atom. The number of hydrogen-bond acceptors (Lipinski definition) is 3. The number of fused-ring (bicyclic) bond motifs is 1. The maximum Gasteiger partial charge on any atom is 0.221 e. The molecule has 0 saturated heterocycles. The van der Waals surface area contributed by atoms with E-state index in [0.29, 0.717) is 12.2 Å². The van der Waals surface area contributed by atoms with Crippen molar-refractivity contribution < 1.29 is 5.11 Å². The molecule has 0 aliphatic carbocycles. The van der Waals surface area contributed by atoms with Crippen LogP contribution in [0.5, 0.6) is 5.88 Å². The van der Waals surface area contributed by atoms with Crippen LogP contribution in [-0.2, 0) is 6.54 Å². The van der Waals surface area contributed by atoms with Crippen LogP contribution in [0.15, 0.2) is 42.0 Å². The highest BCUT2D eigenvalue weighted by molar-refractivity contribution is 5.94. The van der Waals surface area contributed by atoms with E-state index in [1.54, 1.807) is 10.6 Å². The molecule has 0 aliphatic rings. The van der Waals surface area contributed by atoms with Crippen LogP contribution in [0.4, 0.5) is 5.69 Å². The Hall–Kier alpha value is -2.10. The third kappa shape index (κ3) is 1.30. The van der Waals surface area contributed by atoms with Gasteiger partial charge in [-0.2, -0.15) is 5.11 Å². The molecular weight excluding hydrogens is 190 g/mol. The van der Waals surface area contributed by atoms with E-state index in [2.05, 4.69) is 11.7 Å². The topological polar surface area (TPSA) is 61.4 Å². The zero-order valence-corrected chi connectivity index (χ0v) is 8.14. The Morgan fingerprint density at radius 1 is 1.47 bits per heavy atom. The molecule has 0 bridgehead atoms. The lowest BCUT2D eigenvalue weighted by Gasteiger charge is -2.01. The Labute approximate surface area is 87.0 Å². The highest BCUT2D eigenvalue weighted by Gasteiger charge is 2.14. The van der Waals surface area contributed by atoms with E-state index in [1.807, 2.05) is 24.3 Å². The number of para-hydroxylation sites is 1. The molecule has 0 amide bonds. The Bertz CT molecular complexity index is 528. The van der Waals surface area contributed by atoms with Gasteiger partial charge in [0.2, 0.25) is 5.88 Å². The maximum atomic E-state index is 9.85. The van der Waals surface area contributed by atoms with Gasteiger partial charge in [-0.25, -0.2) is 5.53 Å². The Balaban J connectivity index is 2.83. The molecule has 2 rings (SSSR count). The summed E-state index contributed by atoms with van der Waals surface area (Å²) in [6, 6.07) is 7.46. The van der Waals surface area contributed by atoms with Gasteiger partial charge in [0, 0.05) is 11.9 Å². The second kappa shape index (κ2) is 3.57. The largest absolute Gasteiger partial charge is 0.493 e. The van der Waals surface area contributed by atoms with Crippen molar-refractivity contribution in [1.29, 1.82) is 5.53 Å². The summed E-state index contributed by atoms with van der Waals surface area (Å²) in [7, 11) is 0. The van der Waals surface area contributed by atoms with Crippen LogP contribution in [0.3, 0.4) is 0 Å². The van der Waals surface area contributed by atoms with Gasteiger partial charge in [-0.15, -0.1) is 6.58 Å². The van der Waals surface area contributed by atoms with Gasteiger partial charge >= 0.3 is 0 Å². The van der Waals surface area contributed by atoms with Gasteiger partial charge < -0.3 is 9.67 Å². The molecule has 0 unspecified atom stereocenters. The number of allylic oxidation sites excluding steroid dienone is 1. The molecule has 76 valence electrons. The van der Waals surface area contributed by atoms with E-state index in [1.165, 1.54) is 0 Å². The zero-order chi connectivity index (χ0) is 10.8. The summed E-state index contributed by atoms with van der Waals surface area (Å²) < 4.78 is 1.68. The minimum atomic E-state index is 0.0195. The smallest absolute Gasteiger partial charge is 0.221 e. The first-order chi connectivity index (χ1) is 7.29. The van der Waals surface area contributed by atoms with E-state index < -0.39 is 0 Å². The van der Waals surface area contributed by atoms with Crippen molar-refractivity contribution in [2.24, 2.45) is 5.11 Å². The average Bonchev–Trinajstić information content (AvgIpc) is 2.53. The van der Waals surface area contributed by atoms with Gasteiger partial charge in [-0.1, -0.05) is 24.3 Å². The second-order valence-electron chi connectivity index (χ2n) is 3.20. The van der Waals surface area contributed by atoms with Crippen LogP contribution in [0.2, 0.25) is 0 Å². The summed E-state index contributed by atoms with van der Waals surface area (Å²) in [5, 5.41) is 14.0. The van der Waals surface area contributed by atoms with E-state index in [4.69, 9.17) is 5.53 Å². The summed E-state index contributed by atoms with van der Waals surface area (Å²) in [6.45, 7) is 4.13. The molecule has 1 aromatic carbocycles. The molecule has 0 radical (unpaired) electrons. The Morgan fingerprint density at radius 3 is 2.87 bits per heavy atom. The summed E-state index contributed by atoms with van der Waals surface area (Å²) in [6.07, 6.45) is 1.69. The van der Waals surface area contributed by atoms with Gasteiger partial charge in [0.05, 0.1) is 5.52 Å². The molecular formula is C11H11N3O. The third-order valence-electron chi connectivity index (χ3n) is 2.34. The number of aromatic nitrogens is 1. The van der Waals surface area contributed by atoms with Crippen molar-refractivity contribution in [3.8, 4) is 5.88 Å². The molecule has 0 aliphatic heterocycles. The molecule has 15 heavy (non-hydrogen) atoms. The molecule has 4 heteroatoms. The highest BCUT2D eigenvalue weighted by atomic mass is 16.3. The van der Waals surface area contributed by atoms with Gasteiger partial charge in [0.1, 0.15) is 0 Å². The van der Waals surface area contributed by atoms with E-state index >= 15 is 0 Å². The first kappa shape index (κ1) is 9.45. The predicted molar refractivity (Wildman–Crippen MR) is 58.6 cm³/mol. The molecule has 1 aromatic heterocycles. The minimum Gasteiger partial charge on any atom is -0.493 e. The number of aromatic hydroxyl groups is 1. The van der Waals surface area contributed by atoms with Gasteiger partial charge in [-0.3, -0.25) is 0 Å². The van der Waals surface area contributed by atoms with E-state index in [0.717, 1.165) is 10.9 Å². The second-order valence-corrected chi connectivity index (χ2v) is 3.20. The summed E-state index contributed by atoms with van der Waals surface area (Å²) in [5.41, 5.74) is 8.21. The monoisotopic (exact) mass is 201 g/mol. The van der Waals surface area contributed by atoms with Crippen molar-refractivity contribution in [2.45, 2.75) is 6.54 Å². The molecule has 2 aromatic rings. The molecule has 1 heterocycles. The van der Waals surface area contributed by atoms with Crippen LogP contribution >= 0.6 is 0 Å². The number of nitrogens with one attached hydrogen (secondary N) is 1. The van der Waals surface area contributed by atoms with E-state index in [9.17, 15) is 5.11 Å². The van der Waals surface area contributed by atoms with Crippen LogP contribution in [0.1, 0.15) is 0 Å². The molecule has 0 spiro atoms. The summed E-state index contributed by atoms with van der Waals surface area (Å²) in [4.78, 5) is 0. The fraction of sp³-hybridized carbons (Fsp3) is 0.0909. The SMILES string of the molecule is C=CCn1c(O)c(N=N)c2ccccc21. The summed E-state index contributed by atoms with van der Waals surface area (Å²) >= 11 is 0. The Kier molecular flexibility index (Phi) is 2.25. The van der Waals surface area contributed by atoms with Crippen LogP contribution in [0, 0.1) is 5.53 Å². The lowest BCUT2D eigenvalue weighted by atomic mass is 10.2. The van der Waals surface area contributed by atoms with E-state index in [-0.39, 0.29) is 5.88 Å². The standard InChI is InChI=1S/C11H11N3O/c1-2-7-14-9-6-4-3-5-8(9)10(13-12)11(14)15/h2-6,12,15H,1,7H2. The van der Waals surface area contributed by atoms with Crippen molar-refractivity contribution in [2.75, 3.05) is 0 Å². The fourth-order valence-corrected chi connectivity index (χ4v) is 1.70. The maximum absolute atomic E-state index is 9.85. The number of hydrogen-bond donors (Lipinski definition) is 2. The number of rotatable bonds is 3.